The molecule has 0 radical (unpaired) electrons. The molecule has 1 aromatic carbocycles. The second kappa shape index (κ2) is 16.0. The molecule has 0 bridgehead atoms. The molecule has 16 heteroatoms. The number of carbonyl (C=O) groups excluding carboxylic acids is 3. The van der Waals surface area contributed by atoms with Gasteiger partial charge in [0.05, 0.1) is 29.1 Å². The molecule has 316 valence electrons. The van der Waals surface area contributed by atoms with E-state index in [9.17, 15) is 32.7 Å². The summed E-state index contributed by atoms with van der Waals surface area (Å²) in [5.41, 5.74) is -0.216. The molecule has 4 amide bonds. The van der Waals surface area contributed by atoms with Gasteiger partial charge in [0.1, 0.15) is 41.3 Å². The number of rotatable bonds is 10. The van der Waals surface area contributed by atoms with Gasteiger partial charge in [-0.15, -0.1) is 0 Å². The number of pyridine rings is 1. The maximum absolute atomic E-state index is 15.0. The molecule has 0 unspecified atom stereocenters. The van der Waals surface area contributed by atoms with Crippen molar-refractivity contribution in [1.82, 2.24) is 24.8 Å². The van der Waals surface area contributed by atoms with Gasteiger partial charge in [-0.05, 0) is 89.3 Å². The van der Waals surface area contributed by atoms with E-state index in [0.29, 0.717) is 68.9 Å². The van der Waals surface area contributed by atoms with Crippen molar-refractivity contribution in [2.45, 2.75) is 126 Å². The largest absolute Gasteiger partial charge is 0.491 e. The Labute approximate surface area is 340 Å². The first-order valence-corrected chi connectivity index (χ1v) is 22.1. The molecule has 3 aliphatic heterocycles. The third-order valence-corrected chi connectivity index (χ3v) is 14.8. The number of methoxy groups -OCH3 is 1. The number of hydrogen-bond acceptors (Lipinski definition) is 10. The lowest BCUT2D eigenvalue weighted by Crippen LogP contribution is -2.59. The molecule has 7 rings (SSSR count). The highest BCUT2D eigenvalue weighted by Gasteiger charge is 2.64. The van der Waals surface area contributed by atoms with Crippen LogP contribution in [-0.4, -0.2) is 114 Å². The molecule has 4 heterocycles. The Kier molecular flexibility index (Phi) is 11.5. The van der Waals surface area contributed by atoms with Crippen LogP contribution in [0.4, 0.5) is 4.79 Å². The van der Waals surface area contributed by atoms with Gasteiger partial charge in [-0.1, -0.05) is 38.8 Å². The second-order valence-corrected chi connectivity index (χ2v) is 19.8. The van der Waals surface area contributed by atoms with E-state index in [0.717, 1.165) is 29.3 Å². The Hall–Kier alpha value is -4.44. The number of amides is 4. The number of carboxylic acid groups (broad SMARTS) is 1. The average molecular weight is 824 g/mol. The summed E-state index contributed by atoms with van der Waals surface area (Å²) >= 11 is 0. The van der Waals surface area contributed by atoms with Crippen LogP contribution in [0.15, 0.2) is 30.4 Å². The fourth-order valence-corrected chi connectivity index (χ4v) is 10.2. The lowest BCUT2D eigenvalue weighted by molar-refractivity contribution is -0.143. The van der Waals surface area contributed by atoms with Crippen molar-refractivity contribution in [2.75, 3.05) is 33.4 Å². The number of hydrogen-bond donors (Lipinski definition) is 3. The first-order chi connectivity index (χ1) is 27.5. The van der Waals surface area contributed by atoms with E-state index < -0.39 is 67.7 Å². The third kappa shape index (κ3) is 8.10. The van der Waals surface area contributed by atoms with Gasteiger partial charge in [-0.3, -0.25) is 24.0 Å². The molecule has 2 aliphatic carbocycles. The van der Waals surface area contributed by atoms with Gasteiger partial charge in [0.15, 0.2) is 0 Å². The van der Waals surface area contributed by atoms with Crippen molar-refractivity contribution in [2.24, 2.45) is 11.8 Å². The van der Waals surface area contributed by atoms with Crippen LogP contribution in [0.25, 0.3) is 10.9 Å². The smallest absolute Gasteiger partial charge is 0.407 e. The Morgan fingerprint density at radius 1 is 1.14 bits per heavy atom. The molecule has 1 spiro atoms. The summed E-state index contributed by atoms with van der Waals surface area (Å²) in [5.74, 6) is -1.21. The van der Waals surface area contributed by atoms with Gasteiger partial charge in [-0.2, -0.15) is 0 Å². The average Bonchev–Trinajstić information content (AvgIpc) is 4.06. The van der Waals surface area contributed by atoms with Crippen molar-refractivity contribution in [1.29, 1.82) is 0 Å². The summed E-state index contributed by atoms with van der Waals surface area (Å²) in [6, 6.07) is 3.50. The molecule has 1 aromatic heterocycles. The predicted octanol–water partition coefficient (Wildman–Crippen LogP) is 4.63. The van der Waals surface area contributed by atoms with Gasteiger partial charge in [0, 0.05) is 36.9 Å². The Morgan fingerprint density at radius 2 is 1.91 bits per heavy atom. The number of aryl methyl sites for hydroxylation is 2. The molecular formula is C42H57N5O10S. The first-order valence-electron chi connectivity index (χ1n) is 20.6. The molecule has 3 N–H and O–H groups in total. The molecule has 5 aliphatic rings. The quantitative estimate of drug-likeness (QED) is 0.224. The van der Waals surface area contributed by atoms with E-state index in [4.69, 9.17) is 19.2 Å². The zero-order chi connectivity index (χ0) is 41.6. The fraction of sp³-hybridized carbons (Fsp3) is 0.643. The van der Waals surface area contributed by atoms with Gasteiger partial charge in [0.2, 0.25) is 21.8 Å². The van der Waals surface area contributed by atoms with Gasteiger partial charge < -0.3 is 29.5 Å². The minimum atomic E-state index is -4.01. The van der Waals surface area contributed by atoms with Crippen LogP contribution in [0.1, 0.15) is 96.2 Å². The summed E-state index contributed by atoms with van der Waals surface area (Å²) in [7, 11) is -2.40. The molecule has 15 nitrogen and oxygen atoms in total. The van der Waals surface area contributed by atoms with E-state index in [-0.39, 0.29) is 38.3 Å². The highest BCUT2D eigenvalue weighted by molar-refractivity contribution is 7.91. The normalized spacial score (nSPS) is 28.6. The molecule has 2 saturated carbocycles. The van der Waals surface area contributed by atoms with E-state index in [1.807, 2.05) is 51.1 Å². The zero-order valence-corrected chi connectivity index (χ0v) is 35.0. The van der Waals surface area contributed by atoms with Crippen LogP contribution in [0.5, 0.6) is 11.5 Å². The predicted molar refractivity (Wildman–Crippen MR) is 215 cm³/mol. The van der Waals surface area contributed by atoms with Crippen LogP contribution in [0, 0.1) is 18.8 Å². The standard InChI is InChI=1S/C42H57N5O10S/c1-26(2)24-46(39(51)52)33-12-10-8-6-7-9-11-28-22-42(28,38(50)45-58(53,54)40(4)17-18-40)44-36(48)34-23-41(25-47(34)37(33)49)16-15-30-31-21-29(56-20-19-55-5)13-14-32(31)43-27(3)35(30)57-41/h9,11,13-14,21,26,28,33-34H,6-8,10,12,15-20,22-25H2,1-5H3,(H,44,48)(H,45,50)(H,51,52)/b11-9-/t28-,33+,34+,41-,42-/m1/s1. The third-order valence-electron chi connectivity index (χ3n) is 12.7. The van der Waals surface area contributed by atoms with Crippen molar-refractivity contribution < 1.29 is 46.9 Å². The highest BCUT2D eigenvalue weighted by Crippen LogP contribution is 2.49. The van der Waals surface area contributed by atoms with Crippen molar-refractivity contribution >= 4 is 44.7 Å². The summed E-state index contributed by atoms with van der Waals surface area (Å²) in [4.78, 5) is 64.1. The summed E-state index contributed by atoms with van der Waals surface area (Å²) in [6.07, 6.45) is 7.77. The number of nitrogens with zero attached hydrogens (tertiary/aromatic N) is 3. The number of carbonyl (C=O) groups is 4. The SMILES string of the molecule is COCCOc1ccc2nc(C)c3c(c2c1)CC[C@]1(C[C@H]2C(=O)N[C@]4(C(=O)NS(=O)(=O)C5(C)CC5)C[C@H]4/C=C\CCCCC[C@H](N(CC(C)C)C(=O)O)C(=O)N2C1)O3. The van der Waals surface area contributed by atoms with Crippen LogP contribution >= 0.6 is 0 Å². The minimum absolute atomic E-state index is 0.00189. The van der Waals surface area contributed by atoms with Crippen LogP contribution < -0.4 is 19.5 Å². The number of fused-ring (bicyclic) bond motifs is 5. The van der Waals surface area contributed by atoms with E-state index >= 15 is 0 Å². The number of benzene rings is 1. The van der Waals surface area contributed by atoms with Crippen LogP contribution in [-0.2, 0) is 35.6 Å². The number of ether oxygens (including phenoxy) is 3. The maximum atomic E-state index is 15.0. The molecule has 1 saturated heterocycles. The number of sulfonamides is 1. The lowest BCUT2D eigenvalue weighted by atomic mass is 9.87. The summed E-state index contributed by atoms with van der Waals surface area (Å²) in [6.45, 7) is 8.17. The van der Waals surface area contributed by atoms with E-state index in [1.54, 1.807) is 14.0 Å². The second-order valence-electron chi connectivity index (χ2n) is 17.6. The van der Waals surface area contributed by atoms with Gasteiger partial charge >= 0.3 is 6.09 Å². The minimum Gasteiger partial charge on any atom is -0.491 e. The molecule has 5 atom stereocenters. The topological polar surface area (TPSA) is 194 Å². The van der Waals surface area contributed by atoms with Crippen LogP contribution in [0.3, 0.4) is 0 Å². The maximum Gasteiger partial charge on any atom is 0.407 e. The summed E-state index contributed by atoms with van der Waals surface area (Å²) in [5, 5.41) is 14.3. The van der Waals surface area contributed by atoms with Gasteiger partial charge in [0.25, 0.3) is 5.91 Å². The monoisotopic (exact) mass is 823 g/mol. The lowest BCUT2D eigenvalue weighted by Gasteiger charge is -2.37. The molecule has 58 heavy (non-hydrogen) atoms. The molecule has 3 fully saturated rings. The Balaban J connectivity index is 1.25. The molecule has 2 aromatic rings. The number of nitrogens with one attached hydrogen (secondary N) is 2. The first kappa shape index (κ1) is 41.7. The van der Waals surface area contributed by atoms with Crippen molar-refractivity contribution in [3.8, 4) is 11.5 Å². The fourth-order valence-electron chi connectivity index (χ4n) is 8.87. The van der Waals surface area contributed by atoms with E-state index in [1.165, 1.54) is 9.80 Å². The van der Waals surface area contributed by atoms with Crippen LogP contribution in [0.2, 0.25) is 0 Å². The van der Waals surface area contributed by atoms with Gasteiger partial charge in [-0.25, -0.2) is 18.2 Å². The Bertz CT molecular complexity index is 2100. The molecular weight excluding hydrogens is 767 g/mol. The van der Waals surface area contributed by atoms with E-state index in [2.05, 4.69) is 10.0 Å². The highest BCUT2D eigenvalue weighted by atomic mass is 32.2. The van der Waals surface area contributed by atoms with Crippen molar-refractivity contribution in [3.63, 3.8) is 0 Å². The Morgan fingerprint density at radius 3 is 2.62 bits per heavy atom. The van der Waals surface area contributed by atoms with Crippen molar-refractivity contribution in [3.05, 3.63) is 41.6 Å². The zero-order valence-electron chi connectivity index (χ0n) is 34.2. The number of aromatic nitrogens is 1. The summed E-state index contributed by atoms with van der Waals surface area (Å²) < 4.78 is 45.7. The number of allylic oxidation sites excluding steroid dienone is 1.